The first-order valence-corrected chi connectivity index (χ1v) is 26.4. The molecule has 0 saturated carbocycles. The number of nitrogens with one attached hydrogen (secondary N) is 1. The monoisotopic (exact) mass is 886 g/mol. The molecule has 358 valence electrons. The Labute approximate surface area is 372 Å². The molecule has 0 aromatic rings. The Morgan fingerprint density at radius 1 is 0.525 bits per heavy atom. The lowest BCUT2D eigenvalue weighted by molar-refractivity contribution is -0.147. The van der Waals surface area contributed by atoms with Gasteiger partial charge in [-0.1, -0.05) is 205 Å². The van der Waals surface area contributed by atoms with Crippen molar-refractivity contribution in [1.82, 2.24) is 5.32 Å². The summed E-state index contributed by atoms with van der Waals surface area (Å²) in [4.78, 5) is 46.0. The Balaban J connectivity index is 3.80. The third-order valence-electron chi connectivity index (χ3n) is 11.0. The van der Waals surface area contributed by atoms with Crippen molar-refractivity contribution in [2.75, 3.05) is 19.8 Å². The number of hydrogen-bond acceptors (Lipinski definition) is 8. The molecule has 0 aliphatic carbocycles. The minimum atomic E-state index is -4.76. The molecule has 0 radical (unpaired) electrons. The molecule has 3 atom stereocenters. The van der Waals surface area contributed by atoms with Gasteiger partial charge in [-0.15, -0.1) is 0 Å². The van der Waals surface area contributed by atoms with Crippen molar-refractivity contribution in [2.45, 2.75) is 251 Å². The number of esters is 1. The summed E-state index contributed by atoms with van der Waals surface area (Å²) in [5.74, 6) is -2.38. The summed E-state index contributed by atoms with van der Waals surface area (Å²) in [5, 5.41) is 21.9. The van der Waals surface area contributed by atoms with Crippen LogP contribution in [0.4, 0.5) is 0 Å². The highest BCUT2D eigenvalue weighted by Gasteiger charge is 2.28. The van der Waals surface area contributed by atoms with E-state index >= 15 is 0 Å². The minimum Gasteiger partial charge on any atom is -0.480 e. The predicted molar refractivity (Wildman–Crippen MR) is 249 cm³/mol. The molecule has 1 amide bonds. The highest BCUT2D eigenvalue weighted by Crippen LogP contribution is 2.43. The highest BCUT2D eigenvalue weighted by molar-refractivity contribution is 7.47. The number of carbonyl (C=O) groups is 3. The number of aliphatic hydroxyl groups excluding tert-OH is 1. The van der Waals surface area contributed by atoms with Crippen molar-refractivity contribution < 1.29 is 47.8 Å². The average molecular weight is 886 g/mol. The van der Waals surface area contributed by atoms with E-state index in [0.717, 1.165) is 64.2 Å². The number of carbonyl (C=O) groups excluding carboxylic acids is 2. The number of aliphatic carboxylic acids is 1. The van der Waals surface area contributed by atoms with Gasteiger partial charge in [-0.2, -0.15) is 0 Å². The van der Waals surface area contributed by atoms with Gasteiger partial charge in [-0.25, -0.2) is 9.36 Å². The van der Waals surface area contributed by atoms with Crippen LogP contribution in [-0.4, -0.2) is 64.9 Å². The molecule has 61 heavy (non-hydrogen) atoms. The fraction of sp³-hybridized carbons (Fsp3) is 0.857. The van der Waals surface area contributed by atoms with Crippen LogP contribution in [0.15, 0.2) is 24.3 Å². The fourth-order valence-electron chi connectivity index (χ4n) is 7.11. The van der Waals surface area contributed by atoms with Crippen LogP contribution < -0.4 is 5.32 Å². The molecule has 0 saturated heterocycles. The lowest BCUT2D eigenvalue weighted by atomic mass is 10.0. The molecule has 0 aromatic carbocycles. The second-order valence-electron chi connectivity index (χ2n) is 17.0. The van der Waals surface area contributed by atoms with Crippen molar-refractivity contribution in [2.24, 2.45) is 0 Å². The maximum Gasteiger partial charge on any atom is 0.472 e. The van der Waals surface area contributed by atoms with Gasteiger partial charge in [-0.05, 0) is 44.9 Å². The molecule has 0 rings (SSSR count). The van der Waals surface area contributed by atoms with Gasteiger partial charge >= 0.3 is 19.8 Å². The zero-order valence-electron chi connectivity index (χ0n) is 39.0. The molecule has 3 unspecified atom stereocenters. The number of carboxylic acid groups (broad SMARTS) is 1. The second kappa shape index (κ2) is 44.6. The maximum absolute atomic E-state index is 12.3. The van der Waals surface area contributed by atoms with Crippen LogP contribution >= 0.6 is 7.82 Å². The van der Waals surface area contributed by atoms with E-state index < -0.39 is 57.6 Å². The van der Waals surface area contributed by atoms with Crippen molar-refractivity contribution in [1.29, 1.82) is 0 Å². The van der Waals surface area contributed by atoms with Crippen LogP contribution in [0.2, 0.25) is 0 Å². The highest BCUT2D eigenvalue weighted by atomic mass is 31.2. The molecule has 11 nitrogen and oxygen atoms in total. The van der Waals surface area contributed by atoms with Gasteiger partial charge in [0, 0.05) is 12.8 Å². The third-order valence-corrected chi connectivity index (χ3v) is 11.9. The largest absolute Gasteiger partial charge is 0.480 e. The van der Waals surface area contributed by atoms with E-state index in [0.29, 0.717) is 12.8 Å². The van der Waals surface area contributed by atoms with Gasteiger partial charge < -0.3 is 25.2 Å². The molecule has 0 spiro atoms. The van der Waals surface area contributed by atoms with Crippen LogP contribution in [0.3, 0.4) is 0 Å². The number of rotatable bonds is 47. The lowest BCUT2D eigenvalue weighted by Gasteiger charge is -2.18. The van der Waals surface area contributed by atoms with Crippen LogP contribution in [0.25, 0.3) is 0 Å². The Hall–Kier alpha value is -2.04. The maximum atomic E-state index is 12.3. The number of allylic oxidation sites excluding steroid dienone is 4. The molecule has 0 fully saturated rings. The van der Waals surface area contributed by atoms with E-state index in [-0.39, 0.29) is 12.8 Å². The first kappa shape index (κ1) is 59.0. The molecular weight excluding hydrogens is 794 g/mol. The number of amides is 1. The van der Waals surface area contributed by atoms with Crippen molar-refractivity contribution in [3.63, 3.8) is 0 Å². The fourth-order valence-corrected chi connectivity index (χ4v) is 7.88. The van der Waals surface area contributed by atoms with E-state index in [1.165, 1.54) is 135 Å². The van der Waals surface area contributed by atoms with E-state index in [1.807, 2.05) is 0 Å². The number of unbranched alkanes of at least 4 members (excludes halogenated alkanes) is 29. The summed E-state index contributed by atoms with van der Waals surface area (Å²) in [6.45, 7) is 2.59. The SMILES string of the molecule is CCCCC/C=C\C/C=C\CCCCCCCC(=O)NC(COP(=O)(O)OCC(O)COC(=O)CCCCCCCCCCCCCCCCCCCCCCCC)C(=O)O. The molecule has 0 aliphatic heterocycles. The van der Waals surface area contributed by atoms with E-state index in [9.17, 15) is 34.1 Å². The van der Waals surface area contributed by atoms with E-state index in [4.69, 9.17) is 13.8 Å². The second-order valence-corrected chi connectivity index (χ2v) is 18.5. The van der Waals surface area contributed by atoms with Crippen LogP contribution in [-0.2, 0) is 32.7 Å². The summed E-state index contributed by atoms with van der Waals surface area (Å²) in [6.07, 6.45) is 47.8. The van der Waals surface area contributed by atoms with Gasteiger partial charge in [0.2, 0.25) is 5.91 Å². The first-order valence-electron chi connectivity index (χ1n) is 24.9. The van der Waals surface area contributed by atoms with Crippen molar-refractivity contribution in [3.8, 4) is 0 Å². The molecule has 0 aliphatic rings. The number of aliphatic hydroxyl groups is 1. The quantitative estimate of drug-likeness (QED) is 0.0200. The van der Waals surface area contributed by atoms with Gasteiger partial charge in [0.25, 0.3) is 0 Å². The van der Waals surface area contributed by atoms with Crippen LogP contribution in [0, 0.1) is 0 Å². The zero-order valence-corrected chi connectivity index (χ0v) is 39.9. The Morgan fingerprint density at radius 3 is 1.36 bits per heavy atom. The van der Waals surface area contributed by atoms with Crippen LogP contribution in [0.1, 0.15) is 239 Å². The molecule has 0 bridgehead atoms. The topological polar surface area (TPSA) is 169 Å². The number of hydrogen-bond donors (Lipinski definition) is 4. The number of phosphoric acid groups is 1. The average Bonchev–Trinajstić information content (AvgIpc) is 3.24. The number of carboxylic acids is 1. The summed E-state index contributed by atoms with van der Waals surface area (Å²) in [7, 11) is -4.76. The first-order chi connectivity index (χ1) is 29.6. The normalized spacial score (nSPS) is 13.8. The molecule has 12 heteroatoms. The summed E-state index contributed by atoms with van der Waals surface area (Å²) in [5.41, 5.74) is 0. The Kier molecular flexibility index (Phi) is 43.1. The van der Waals surface area contributed by atoms with Gasteiger partial charge in [0.1, 0.15) is 12.7 Å². The standard InChI is InChI=1S/C49H92NO10P/c1-3-5-7-9-11-13-15-17-19-20-21-22-23-24-25-27-29-31-33-35-37-39-41-48(53)58-42-45(51)43-59-61(56,57)60-44-46(49(54)55)50-47(52)40-38-36-34-32-30-28-26-18-16-14-12-10-8-6-4-2/h12,14,18,26,45-46,51H,3-11,13,15-17,19-25,27-44H2,1-2H3,(H,50,52)(H,54,55)(H,56,57)/b14-12-,26-18-. The summed E-state index contributed by atoms with van der Waals surface area (Å²) in [6, 6.07) is -1.55. The van der Waals surface area contributed by atoms with Crippen molar-refractivity contribution >= 4 is 25.7 Å². The molecule has 4 N–H and O–H groups in total. The molecular formula is C49H92NO10P. The molecule has 0 aromatic heterocycles. The van der Waals surface area contributed by atoms with E-state index in [1.54, 1.807) is 0 Å². The molecule has 0 heterocycles. The smallest absolute Gasteiger partial charge is 0.472 e. The van der Waals surface area contributed by atoms with Gasteiger partial charge in [0.05, 0.1) is 13.2 Å². The zero-order chi connectivity index (χ0) is 44.9. The summed E-state index contributed by atoms with van der Waals surface area (Å²) < 4.78 is 26.9. The van der Waals surface area contributed by atoms with Gasteiger partial charge in [0.15, 0.2) is 6.04 Å². The van der Waals surface area contributed by atoms with Crippen LogP contribution in [0.5, 0.6) is 0 Å². The van der Waals surface area contributed by atoms with E-state index in [2.05, 4.69) is 43.5 Å². The van der Waals surface area contributed by atoms with Crippen molar-refractivity contribution in [3.05, 3.63) is 24.3 Å². The lowest BCUT2D eigenvalue weighted by Crippen LogP contribution is -2.43. The number of phosphoric ester groups is 1. The van der Waals surface area contributed by atoms with Gasteiger partial charge in [-0.3, -0.25) is 18.6 Å². The Morgan fingerprint density at radius 2 is 0.902 bits per heavy atom. The predicted octanol–water partition coefficient (Wildman–Crippen LogP) is 13.4. The third kappa shape index (κ3) is 44.4. The number of ether oxygens (including phenoxy) is 1. The summed E-state index contributed by atoms with van der Waals surface area (Å²) >= 11 is 0. The Bertz CT molecular complexity index is 1130. The minimum absolute atomic E-state index is 0.131.